The second kappa shape index (κ2) is 6.74. The fourth-order valence-corrected chi connectivity index (χ4v) is 2.79. The third kappa shape index (κ3) is 4.38. The number of hydrogen-bond donors (Lipinski definition) is 2. The zero-order valence-corrected chi connectivity index (χ0v) is 12.1. The van der Waals surface area contributed by atoms with Gasteiger partial charge in [-0.15, -0.1) is 11.3 Å². The number of rotatable bonds is 5. The Kier molecular flexibility index (Phi) is 5.00. The summed E-state index contributed by atoms with van der Waals surface area (Å²) in [5.74, 6) is 6.61. The van der Waals surface area contributed by atoms with Crippen LogP contribution < -0.4 is 11.1 Å². The topological polar surface area (TPSA) is 55.1 Å². The zero-order chi connectivity index (χ0) is 13.7. The average molecular weight is 276 g/mol. The highest BCUT2D eigenvalue weighted by Gasteiger charge is 2.25. The van der Waals surface area contributed by atoms with Gasteiger partial charge in [0.2, 0.25) is 0 Å². The summed E-state index contributed by atoms with van der Waals surface area (Å²) in [5.41, 5.74) is 5.33. The molecule has 0 radical (unpaired) electrons. The lowest BCUT2D eigenvalue weighted by atomic mass is 10.1. The van der Waals surface area contributed by atoms with Crippen LogP contribution in [0, 0.1) is 17.8 Å². The van der Waals surface area contributed by atoms with Gasteiger partial charge in [-0.1, -0.05) is 31.6 Å². The van der Waals surface area contributed by atoms with E-state index in [9.17, 15) is 4.79 Å². The largest absolute Gasteiger partial charge is 0.349 e. The van der Waals surface area contributed by atoms with E-state index < -0.39 is 0 Å². The predicted molar refractivity (Wildman–Crippen MR) is 79.1 cm³/mol. The van der Waals surface area contributed by atoms with Crippen LogP contribution in [0.3, 0.4) is 0 Å². The highest BCUT2D eigenvalue weighted by atomic mass is 32.1. The van der Waals surface area contributed by atoms with Crippen molar-refractivity contribution in [2.24, 2.45) is 11.7 Å². The van der Waals surface area contributed by atoms with Gasteiger partial charge >= 0.3 is 0 Å². The first-order chi connectivity index (χ1) is 9.22. The van der Waals surface area contributed by atoms with Gasteiger partial charge in [0.1, 0.15) is 0 Å². The van der Waals surface area contributed by atoms with Crippen molar-refractivity contribution in [3.05, 3.63) is 21.9 Å². The number of nitrogens with two attached hydrogens (primary N) is 1. The molecule has 1 aromatic rings. The maximum Gasteiger partial charge on any atom is 0.261 e. The summed E-state index contributed by atoms with van der Waals surface area (Å²) in [7, 11) is 0. The van der Waals surface area contributed by atoms with Gasteiger partial charge in [0.25, 0.3) is 5.91 Å². The molecule has 0 bridgehead atoms. The molecule has 1 aromatic heterocycles. The molecule has 3 N–H and O–H groups in total. The van der Waals surface area contributed by atoms with Gasteiger partial charge < -0.3 is 11.1 Å². The minimum absolute atomic E-state index is 0.0262. The van der Waals surface area contributed by atoms with Gasteiger partial charge in [-0.2, -0.15) is 0 Å². The fraction of sp³-hybridized carbons (Fsp3) is 0.533. The van der Waals surface area contributed by atoms with Crippen molar-refractivity contribution in [2.45, 2.75) is 38.6 Å². The summed E-state index contributed by atoms with van der Waals surface area (Å²) >= 11 is 1.43. The van der Waals surface area contributed by atoms with E-state index in [2.05, 4.69) is 24.1 Å². The number of hydrogen-bond acceptors (Lipinski definition) is 3. The van der Waals surface area contributed by atoms with Gasteiger partial charge in [0.15, 0.2) is 0 Å². The van der Waals surface area contributed by atoms with Crippen molar-refractivity contribution in [1.82, 2.24) is 5.32 Å². The van der Waals surface area contributed by atoms with Gasteiger partial charge in [-0.25, -0.2) is 0 Å². The van der Waals surface area contributed by atoms with Crippen molar-refractivity contribution >= 4 is 17.2 Å². The van der Waals surface area contributed by atoms with E-state index in [1.165, 1.54) is 24.2 Å². The molecule has 19 heavy (non-hydrogen) atoms. The number of amides is 1. The molecule has 2 rings (SSSR count). The lowest BCUT2D eigenvalue weighted by Gasteiger charge is -2.15. The van der Waals surface area contributed by atoms with E-state index in [0.717, 1.165) is 28.5 Å². The molecule has 3 nitrogen and oxygen atoms in total. The van der Waals surface area contributed by atoms with Crippen LogP contribution in [0.5, 0.6) is 0 Å². The van der Waals surface area contributed by atoms with Crippen LogP contribution in [0.1, 0.15) is 47.2 Å². The van der Waals surface area contributed by atoms with Gasteiger partial charge in [0, 0.05) is 6.04 Å². The van der Waals surface area contributed by atoms with Crippen molar-refractivity contribution in [2.75, 3.05) is 6.54 Å². The van der Waals surface area contributed by atoms with Crippen LogP contribution in [-0.4, -0.2) is 18.5 Å². The first-order valence-electron chi connectivity index (χ1n) is 6.82. The fourth-order valence-electron chi connectivity index (χ4n) is 2.01. The Labute approximate surface area is 118 Å². The van der Waals surface area contributed by atoms with E-state index in [4.69, 9.17) is 5.73 Å². The molecule has 0 aromatic carbocycles. The maximum atomic E-state index is 12.1. The first kappa shape index (κ1) is 14.1. The molecule has 1 unspecified atom stereocenters. The van der Waals surface area contributed by atoms with Crippen LogP contribution in [0.25, 0.3) is 0 Å². The molecular formula is C15H20N2OS. The van der Waals surface area contributed by atoms with Crippen LogP contribution >= 0.6 is 11.3 Å². The Hall–Kier alpha value is -1.31. The molecule has 102 valence electrons. The second-order valence-corrected chi connectivity index (χ2v) is 6.01. The molecular weight excluding hydrogens is 256 g/mol. The van der Waals surface area contributed by atoms with Gasteiger partial charge in [0.05, 0.1) is 16.3 Å². The Morgan fingerprint density at radius 3 is 3.00 bits per heavy atom. The second-order valence-electron chi connectivity index (χ2n) is 4.93. The lowest BCUT2D eigenvalue weighted by molar-refractivity contribution is 0.0937. The van der Waals surface area contributed by atoms with E-state index in [1.54, 1.807) is 0 Å². The Balaban J connectivity index is 1.92. The molecule has 1 amide bonds. The van der Waals surface area contributed by atoms with E-state index in [0.29, 0.717) is 12.6 Å². The Morgan fingerprint density at radius 1 is 1.58 bits per heavy atom. The molecule has 0 aliphatic heterocycles. The van der Waals surface area contributed by atoms with Crippen LogP contribution in [-0.2, 0) is 0 Å². The van der Waals surface area contributed by atoms with Crippen molar-refractivity contribution in [3.8, 4) is 11.8 Å². The van der Waals surface area contributed by atoms with Crippen molar-refractivity contribution < 1.29 is 4.79 Å². The zero-order valence-electron chi connectivity index (χ0n) is 11.2. The summed E-state index contributed by atoms with van der Waals surface area (Å²) in [5, 5.41) is 3.12. The minimum atomic E-state index is 0.0262. The third-order valence-electron chi connectivity index (χ3n) is 3.29. The van der Waals surface area contributed by atoms with Gasteiger partial charge in [-0.3, -0.25) is 4.79 Å². The summed E-state index contributed by atoms with van der Waals surface area (Å²) in [6.45, 7) is 2.47. The quantitative estimate of drug-likeness (QED) is 0.811. The SMILES string of the molecule is CCC(CC1CC1)NC(=O)c1ccc(C#CCN)s1. The molecule has 1 fully saturated rings. The molecule has 1 atom stereocenters. The van der Waals surface area contributed by atoms with Crippen LogP contribution in [0.15, 0.2) is 12.1 Å². The number of nitrogens with one attached hydrogen (secondary N) is 1. The van der Waals surface area contributed by atoms with Crippen molar-refractivity contribution in [1.29, 1.82) is 0 Å². The normalized spacial score (nSPS) is 15.5. The van der Waals surface area contributed by atoms with E-state index in [-0.39, 0.29) is 5.91 Å². The number of carbonyl (C=O) groups is 1. The molecule has 0 saturated heterocycles. The predicted octanol–water partition coefficient (Wildman–Crippen LogP) is 2.37. The summed E-state index contributed by atoms with van der Waals surface area (Å²) in [6.07, 6.45) is 4.76. The molecule has 4 heteroatoms. The monoisotopic (exact) mass is 276 g/mol. The summed E-state index contributed by atoms with van der Waals surface area (Å²) in [6, 6.07) is 4.02. The van der Waals surface area contributed by atoms with Crippen LogP contribution in [0.2, 0.25) is 0 Å². The summed E-state index contributed by atoms with van der Waals surface area (Å²) < 4.78 is 0. The highest BCUT2D eigenvalue weighted by Crippen LogP contribution is 2.34. The van der Waals surface area contributed by atoms with Crippen LogP contribution in [0.4, 0.5) is 0 Å². The van der Waals surface area contributed by atoms with Gasteiger partial charge in [-0.05, 0) is 30.9 Å². The standard InChI is InChI=1S/C15H20N2OS/c1-2-12(10-11-5-6-11)17-15(18)14-8-7-13(19-14)4-3-9-16/h7-8,11-12H,2,5-6,9-10,16H2,1H3,(H,17,18). The third-order valence-corrected chi connectivity index (χ3v) is 4.29. The smallest absolute Gasteiger partial charge is 0.261 e. The first-order valence-corrected chi connectivity index (χ1v) is 7.64. The van der Waals surface area contributed by atoms with E-state index in [1.807, 2.05) is 12.1 Å². The highest BCUT2D eigenvalue weighted by molar-refractivity contribution is 7.14. The average Bonchev–Trinajstić information content (AvgIpc) is 3.10. The van der Waals surface area contributed by atoms with Crippen molar-refractivity contribution in [3.63, 3.8) is 0 Å². The molecule has 1 aliphatic rings. The number of carbonyl (C=O) groups excluding carboxylic acids is 1. The lowest BCUT2D eigenvalue weighted by Crippen LogP contribution is -2.34. The summed E-state index contributed by atoms with van der Waals surface area (Å²) in [4.78, 5) is 13.8. The molecule has 1 saturated carbocycles. The Morgan fingerprint density at radius 2 is 2.37 bits per heavy atom. The number of thiophene rings is 1. The maximum absolute atomic E-state index is 12.1. The molecule has 1 heterocycles. The Bertz CT molecular complexity index is 494. The molecule has 0 spiro atoms. The van der Waals surface area contributed by atoms with E-state index >= 15 is 0 Å². The minimum Gasteiger partial charge on any atom is -0.349 e. The molecule has 1 aliphatic carbocycles.